The van der Waals surface area contributed by atoms with Crippen molar-refractivity contribution in [2.75, 3.05) is 6.26 Å². The van der Waals surface area contributed by atoms with Crippen molar-refractivity contribution in [1.82, 2.24) is 0 Å². The third-order valence-corrected chi connectivity index (χ3v) is 18.5. The molecule has 4 aromatic carbocycles. The summed E-state index contributed by atoms with van der Waals surface area (Å²) in [6.45, 7) is 15.1. The summed E-state index contributed by atoms with van der Waals surface area (Å²) in [7, 11) is 0. The molecule has 0 bridgehead atoms. The molecule has 6 heteroatoms. The van der Waals surface area contributed by atoms with Gasteiger partial charge in [0.05, 0.1) is 0 Å². The minimum absolute atomic E-state index is 1.10. The molecule has 0 amide bonds. The number of thioether (sulfide) groups is 1. The zero-order chi connectivity index (χ0) is 42.7. The Bertz CT molecular complexity index is 2810. The molecule has 5 aromatic heterocycles. The Morgan fingerprint density at radius 2 is 0.885 bits per heavy atom. The van der Waals surface area contributed by atoms with Gasteiger partial charge in [-0.25, -0.2) is 0 Å². The van der Waals surface area contributed by atoms with Gasteiger partial charge in [-0.1, -0.05) is 135 Å². The molecule has 0 radical (unpaired) electrons. The van der Waals surface area contributed by atoms with E-state index in [2.05, 4.69) is 145 Å². The third-order valence-electron chi connectivity index (χ3n) is 11.6. The van der Waals surface area contributed by atoms with Gasteiger partial charge in [0.15, 0.2) is 0 Å². The van der Waals surface area contributed by atoms with Crippen molar-refractivity contribution in [3.63, 3.8) is 0 Å². The molecule has 0 N–H and O–H groups in total. The second kappa shape index (κ2) is 22.4. The summed E-state index contributed by atoms with van der Waals surface area (Å²) >= 11 is 11.3. The Kier molecular flexibility index (Phi) is 16.8. The van der Waals surface area contributed by atoms with Crippen molar-refractivity contribution in [3.05, 3.63) is 123 Å². The first-order valence-electron chi connectivity index (χ1n) is 22.6. The second-order valence-electron chi connectivity index (χ2n) is 16.1. The number of fused-ring (bicyclic) bond motifs is 9. The van der Waals surface area contributed by atoms with E-state index in [4.69, 9.17) is 0 Å². The third kappa shape index (κ3) is 11.1. The van der Waals surface area contributed by atoms with Gasteiger partial charge in [0.2, 0.25) is 0 Å². The Morgan fingerprint density at radius 3 is 1.34 bits per heavy atom. The monoisotopic (exact) mass is 914 g/mol. The molecule has 0 nitrogen and oxygen atoms in total. The highest BCUT2D eigenvalue weighted by atomic mass is 32.2. The molecule has 0 atom stereocenters. The molecule has 0 unspecified atom stereocenters. The fraction of sp³-hybridized carbons (Fsp3) is 0.345. The van der Waals surface area contributed by atoms with E-state index < -0.39 is 0 Å². The van der Waals surface area contributed by atoms with Crippen molar-refractivity contribution in [2.45, 2.75) is 118 Å². The summed E-state index contributed by atoms with van der Waals surface area (Å²) in [4.78, 5) is 12.4. The highest BCUT2D eigenvalue weighted by Crippen LogP contribution is 2.44. The molecular weight excluding hydrogens is 853 g/mol. The van der Waals surface area contributed by atoms with E-state index in [1.54, 1.807) is 23.1 Å². The maximum Gasteiger partial charge on any atom is 0.0455 e. The van der Waals surface area contributed by atoms with E-state index in [1.165, 1.54) is 169 Å². The first kappa shape index (κ1) is 45.8. The zero-order valence-corrected chi connectivity index (χ0v) is 42.0. The summed E-state index contributed by atoms with van der Waals surface area (Å²) in [6, 6.07) is 37.3. The van der Waals surface area contributed by atoms with Crippen LogP contribution in [-0.2, 0) is 12.8 Å². The normalized spacial score (nSPS) is 11.4. The molecular formula is C55H62S6. The van der Waals surface area contributed by atoms with Gasteiger partial charge in [-0.2, -0.15) is 0 Å². The molecule has 5 heterocycles. The number of aryl methyl sites for hydroxylation is 3. The number of thiophene rings is 5. The molecule has 0 aliphatic heterocycles. The van der Waals surface area contributed by atoms with E-state index in [9.17, 15) is 0 Å². The molecule has 61 heavy (non-hydrogen) atoms. The van der Waals surface area contributed by atoms with Gasteiger partial charge in [0.25, 0.3) is 0 Å². The van der Waals surface area contributed by atoms with Crippen molar-refractivity contribution in [1.29, 1.82) is 0 Å². The Morgan fingerprint density at radius 1 is 0.443 bits per heavy atom. The van der Waals surface area contributed by atoms with Gasteiger partial charge in [0, 0.05) is 64.1 Å². The van der Waals surface area contributed by atoms with Crippen LogP contribution in [-0.4, -0.2) is 6.26 Å². The van der Waals surface area contributed by atoms with Crippen molar-refractivity contribution in [2.24, 2.45) is 0 Å². The first-order valence-corrected chi connectivity index (χ1v) is 27.9. The van der Waals surface area contributed by atoms with Gasteiger partial charge in [0.1, 0.15) is 0 Å². The largest absolute Gasteiger partial charge is 0.140 e. The quantitative estimate of drug-likeness (QED) is 0.0687. The van der Waals surface area contributed by atoms with E-state index in [0.717, 1.165) is 11.3 Å². The van der Waals surface area contributed by atoms with E-state index in [-0.39, 0.29) is 0 Å². The van der Waals surface area contributed by atoms with Crippen molar-refractivity contribution < 1.29 is 0 Å². The van der Waals surface area contributed by atoms with Gasteiger partial charge in [-0.3, -0.25) is 0 Å². The summed E-state index contributed by atoms with van der Waals surface area (Å²) in [5.41, 5.74) is 0. The highest BCUT2D eigenvalue weighted by Gasteiger charge is 2.15. The first-order chi connectivity index (χ1) is 29.8. The number of benzene rings is 4. The number of rotatable bonds is 16. The molecule has 9 rings (SSSR count). The number of hydrogen-bond acceptors (Lipinski definition) is 6. The average Bonchev–Trinajstić information content (AvgIpc) is 4.15. The lowest BCUT2D eigenvalue weighted by Gasteiger charge is -2.09. The van der Waals surface area contributed by atoms with E-state index in [0.29, 0.717) is 0 Å². The minimum Gasteiger partial charge on any atom is -0.140 e. The van der Waals surface area contributed by atoms with Crippen LogP contribution in [0.5, 0.6) is 0 Å². The lowest BCUT2D eigenvalue weighted by Crippen LogP contribution is -1.82. The zero-order valence-electron chi connectivity index (χ0n) is 37.1. The average molecular weight is 916 g/mol. The SMILES string of the molecule is C=C(SC)c1ccc(C)s1.CCCCCCC.CCCCCCCCc1ccc(-c2cc3c(ccc4c3ccc3c5ccc6sc(-c7ccc(CC)s7)cc6c5ccc43)s2)s1. The summed E-state index contributed by atoms with van der Waals surface area (Å²) < 4.78 is 2.75. The van der Waals surface area contributed by atoms with Gasteiger partial charge in [-0.05, 0) is 125 Å². The fourth-order valence-corrected chi connectivity index (χ4v) is 13.8. The van der Waals surface area contributed by atoms with Gasteiger partial charge in [-0.15, -0.1) is 68.4 Å². The van der Waals surface area contributed by atoms with Crippen molar-refractivity contribution in [3.8, 4) is 19.5 Å². The van der Waals surface area contributed by atoms with Crippen LogP contribution in [0.2, 0.25) is 0 Å². The van der Waals surface area contributed by atoms with Gasteiger partial charge >= 0.3 is 0 Å². The van der Waals surface area contributed by atoms with Crippen LogP contribution in [0.3, 0.4) is 0 Å². The smallest absolute Gasteiger partial charge is 0.0455 e. The molecule has 318 valence electrons. The molecule has 9 aromatic rings. The maximum atomic E-state index is 3.93. The molecule has 0 aliphatic rings. The topological polar surface area (TPSA) is 0 Å². The molecule has 0 fully saturated rings. The summed E-state index contributed by atoms with van der Waals surface area (Å²) in [6.07, 6.45) is 19.5. The van der Waals surface area contributed by atoms with E-state index >= 15 is 0 Å². The van der Waals surface area contributed by atoms with Crippen LogP contribution in [0.25, 0.3) is 76.9 Å². The Hall–Kier alpha value is -3.23. The molecule has 0 spiro atoms. The maximum absolute atomic E-state index is 3.93. The lowest BCUT2D eigenvalue weighted by atomic mass is 9.95. The predicted octanol–water partition coefficient (Wildman–Crippen LogP) is 20.9. The number of unbranched alkanes of at least 4 members (excludes halogenated alkanes) is 9. The van der Waals surface area contributed by atoms with Crippen LogP contribution in [0.4, 0.5) is 0 Å². The summed E-state index contributed by atoms with van der Waals surface area (Å²) in [5, 5.41) is 10.9. The summed E-state index contributed by atoms with van der Waals surface area (Å²) in [5.74, 6) is 0. The van der Waals surface area contributed by atoms with Crippen LogP contribution >= 0.6 is 68.4 Å². The van der Waals surface area contributed by atoms with Crippen LogP contribution in [0, 0.1) is 6.92 Å². The van der Waals surface area contributed by atoms with Crippen LogP contribution in [0.15, 0.2) is 104 Å². The molecule has 0 saturated heterocycles. The lowest BCUT2D eigenvalue weighted by molar-refractivity contribution is 0.609. The van der Waals surface area contributed by atoms with Crippen LogP contribution in [0.1, 0.15) is 118 Å². The minimum atomic E-state index is 1.10. The fourth-order valence-electron chi connectivity index (χ4n) is 8.11. The molecule has 0 aliphatic carbocycles. The predicted molar refractivity (Wildman–Crippen MR) is 289 cm³/mol. The standard InChI is InChI=1S/C40H36S4.C8H10S2.C7H16/c1-3-5-6-7-8-9-10-26-12-20-38(42-26)40-24-34-32-16-14-27-28(30(32)18-22-36(34)44-40)13-15-31-29(27)17-21-35-33(31)23-39(43-35)37-19-11-25(4-2)41-37;1-6-4-5-8(10-6)7(2)9-3;1-3-5-7-6-4-2/h11-24H,3-10H2,1-2H3;4-5H,2H2,1,3H3;3-7H2,1-2H3. The van der Waals surface area contributed by atoms with Crippen molar-refractivity contribution >= 4 is 126 Å². The van der Waals surface area contributed by atoms with Gasteiger partial charge < -0.3 is 0 Å². The molecule has 0 saturated carbocycles. The second-order valence-corrected chi connectivity index (χ2v) is 22.8. The van der Waals surface area contributed by atoms with E-state index in [1.807, 2.05) is 45.3 Å². The Labute approximate surface area is 389 Å². The highest BCUT2D eigenvalue weighted by molar-refractivity contribution is 8.07. The Balaban J connectivity index is 0.000000277. The number of hydrogen-bond donors (Lipinski definition) is 0. The van der Waals surface area contributed by atoms with Crippen LogP contribution < -0.4 is 0 Å².